The van der Waals surface area contributed by atoms with Crippen LogP contribution in [0.15, 0.2) is 48.2 Å². The standard InChI is InChI=1S/C29H41N3O5/c1-19-21(16-22(20-8-13-37-27(20)35)31-26-6-4-5-10-30-26)28(2)9-7-25(34)29(3,18-33)24(28)17-23(19)32-11-14-36-15-12-32/h4-6,8,10,21-25,33-34H,1,7,9,11-18H2,2-3H3,(H,30,31)/t21?,22?,23?,24?,25-,28-,29+/m1/s1. The summed E-state index contributed by atoms with van der Waals surface area (Å²) in [5.74, 6) is 0.575. The van der Waals surface area contributed by atoms with Crippen molar-refractivity contribution in [3.05, 3.63) is 48.2 Å². The minimum absolute atomic E-state index is 0.0590. The minimum atomic E-state index is -0.605. The third-order valence-electron chi connectivity index (χ3n) is 9.85. The van der Waals surface area contributed by atoms with Crippen molar-refractivity contribution in [2.75, 3.05) is 44.8 Å². The number of morpholine rings is 1. The molecule has 1 saturated heterocycles. The largest absolute Gasteiger partial charge is 0.458 e. The van der Waals surface area contributed by atoms with Crippen molar-refractivity contribution in [1.29, 1.82) is 0 Å². The SMILES string of the molecule is C=C1C(N2CCOCC2)CC2[C@](C)(CC[C@@H](O)[C@@]2(C)CO)C1CC(Nc1ccccn1)C1=CCOC1=O. The van der Waals surface area contributed by atoms with Gasteiger partial charge in [0.25, 0.3) is 0 Å². The third kappa shape index (κ3) is 4.73. The summed E-state index contributed by atoms with van der Waals surface area (Å²) in [6, 6.07) is 5.54. The van der Waals surface area contributed by atoms with Crippen molar-refractivity contribution < 1.29 is 24.5 Å². The molecule has 2 aliphatic heterocycles. The van der Waals surface area contributed by atoms with E-state index < -0.39 is 11.5 Å². The highest BCUT2D eigenvalue weighted by Crippen LogP contribution is 2.62. The van der Waals surface area contributed by atoms with Crippen LogP contribution in [0.5, 0.6) is 0 Å². The molecule has 1 aromatic heterocycles. The molecule has 0 amide bonds. The Morgan fingerprint density at radius 2 is 2.08 bits per heavy atom. The summed E-state index contributed by atoms with van der Waals surface area (Å²) in [7, 11) is 0. The lowest BCUT2D eigenvalue weighted by molar-refractivity contribution is -0.163. The van der Waals surface area contributed by atoms with Crippen LogP contribution in [-0.2, 0) is 14.3 Å². The molecule has 3 fully saturated rings. The van der Waals surface area contributed by atoms with Gasteiger partial charge >= 0.3 is 5.97 Å². The maximum Gasteiger partial charge on any atom is 0.336 e. The van der Waals surface area contributed by atoms with Gasteiger partial charge in [-0.1, -0.05) is 32.1 Å². The quantitative estimate of drug-likeness (QED) is 0.379. The summed E-state index contributed by atoms with van der Waals surface area (Å²) in [6.07, 6.45) is 6.04. The molecule has 8 heteroatoms. The molecule has 7 atom stereocenters. The van der Waals surface area contributed by atoms with Gasteiger partial charge in [0.2, 0.25) is 0 Å². The fourth-order valence-corrected chi connectivity index (χ4v) is 7.62. The number of esters is 1. The Bertz CT molecular complexity index is 1030. The Hall–Kier alpha value is -2.26. The highest BCUT2D eigenvalue weighted by Gasteiger charge is 2.60. The number of carbonyl (C=O) groups is 1. The van der Waals surface area contributed by atoms with Gasteiger partial charge in [0.15, 0.2) is 0 Å². The summed E-state index contributed by atoms with van der Waals surface area (Å²) in [6.45, 7) is 12.3. The molecule has 0 radical (unpaired) electrons. The molecule has 0 spiro atoms. The minimum Gasteiger partial charge on any atom is -0.458 e. The lowest BCUT2D eigenvalue weighted by Crippen LogP contribution is -2.62. The molecule has 0 bridgehead atoms. The average molecular weight is 512 g/mol. The van der Waals surface area contributed by atoms with E-state index in [0.29, 0.717) is 37.4 Å². The smallest absolute Gasteiger partial charge is 0.336 e. The number of aliphatic hydroxyl groups excluding tert-OH is 2. The molecule has 0 aromatic carbocycles. The summed E-state index contributed by atoms with van der Waals surface area (Å²) < 4.78 is 11.0. The molecular formula is C29H41N3O5. The molecular weight excluding hydrogens is 470 g/mol. The number of pyridine rings is 1. The first kappa shape index (κ1) is 26.4. The van der Waals surface area contributed by atoms with E-state index in [9.17, 15) is 15.0 Å². The molecule has 4 aliphatic rings. The summed E-state index contributed by atoms with van der Waals surface area (Å²) in [4.78, 5) is 19.7. The number of nitrogens with one attached hydrogen (secondary N) is 1. The lowest BCUT2D eigenvalue weighted by atomic mass is 9.45. The summed E-state index contributed by atoms with van der Waals surface area (Å²) in [5, 5.41) is 25.2. The second kappa shape index (κ2) is 10.5. The average Bonchev–Trinajstić information content (AvgIpc) is 3.35. The van der Waals surface area contributed by atoms with Gasteiger partial charge in [-0.05, 0) is 61.1 Å². The predicted octanol–water partition coefficient (Wildman–Crippen LogP) is 2.79. The summed E-state index contributed by atoms with van der Waals surface area (Å²) in [5.41, 5.74) is 1.01. The first-order valence-electron chi connectivity index (χ1n) is 13.6. The summed E-state index contributed by atoms with van der Waals surface area (Å²) >= 11 is 0. The molecule has 2 aliphatic carbocycles. The lowest BCUT2D eigenvalue weighted by Gasteiger charge is -2.62. The van der Waals surface area contributed by atoms with E-state index in [1.807, 2.05) is 31.2 Å². The van der Waals surface area contributed by atoms with E-state index in [1.165, 1.54) is 5.57 Å². The molecule has 37 heavy (non-hydrogen) atoms. The van der Waals surface area contributed by atoms with Gasteiger partial charge in [0, 0.05) is 30.7 Å². The van der Waals surface area contributed by atoms with Crippen LogP contribution in [0.2, 0.25) is 0 Å². The Morgan fingerprint density at radius 3 is 2.73 bits per heavy atom. The number of cyclic esters (lactones) is 1. The van der Waals surface area contributed by atoms with Gasteiger partial charge in [0.05, 0.1) is 37.5 Å². The second-order valence-corrected chi connectivity index (χ2v) is 11.7. The van der Waals surface area contributed by atoms with E-state index in [2.05, 4.69) is 22.1 Å². The Kier molecular flexibility index (Phi) is 7.47. The van der Waals surface area contributed by atoms with Crippen LogP contribution in [0.25, 0.3) is 0 Å². The number of fused-ring (bicyclic) bond motifs is 1. The van der Waals surface area contributed by atoms with Crippen LogP contribution in [-0.4, -0.2) is 83.8 Å². The van der Waals surface area contributed by atoms with Crippen LogP contribution in [0, 0.1) is 22.7 Å². The first-order chi connectivity index (χ1) is 17.8. The second-order valence-electron chi connectivity index (χ2n) is 11.7. The van der Waals surface area contributed by atoms with Crippen molar-refractivity contribution in [1.82, 2.24) is 9.88 Å². The monoisotopic (exact) mass is 511 g/mol. The highest BCUT2D eigenvalue weighted by molar-refractivity contribution is 5.92. The molecule has 3 N–H and O–H groups in total. The Morgan fingerprint density at radius 1 is 1.30 bits per heavy atom. The number of hydrogen-bond donors (Lipinski definition) is 3. The number of carbonyl (C=O) groups excluding carboxylic acids is 1. The zero-order valence-corrected chi connectivity index (χ0v) is 22.1. The van der Waals surface area contributed by atoms with E-state index in [4.69, 9.17) is 16.1 Å². The maximum absolute atomic E-state index is 12.7. The van der Waals surface area contributed by atoms with Crippen molar-refractivity contribution in [3.63, 3.8) is 0 Å². The molecule has 8 nitrogen and oxygen atoms in total. The van der Waals surface area contributed by atoms with Crippen LogP contribution in [0.4, 0.5) is 5.82 Å². The van der Waals surface area contributed by atoms with Gasteiger partial charge in [0.1, 0.15) is 12.4 Å². The zero-order chi connectivity index (χ0) is 26.2. The number of hydrogen-bond acceptors (Lipinski definition) is 8. The van der Waals surface area contributed by atoms with Crippen LogP contribution in [0.1, 0.15) is 39.5 Å². The molecule has 1 aromatic rings. The molecule has 3 heterocycles. The van der Waals surface area contributed by atoms with Crippen LogP contribution >= 0.6 is 0 Å². The fourth-order valence-electron chi connectivity index (χ4n) is 7.62. The topological polar surface area (TPSA) is 104 Å². The van der Waals surface area contributed by atoms with Gasteiger partial charge in [-0.2, -0.15) is 0 Å². The number of anilines is 1. The first-order valence-corrected chi connectivity index (χ1v) is 13.6. The molecule has 4 unspecified atom stereocenters. The number of rotatable bonds is 7. The number of aromatic nitrogens is 1. The number of nitrogens with zero attached hydrogens (tertiary/aromatic N) is 2. The predicted molar refractivity (Wildman–Crippen MR) is 141 cm³/mol. The van der Waals surface area contributed by atoms with Crippen LogP contribution in [0.3, 0.4) is 0 Å². The molecule has 5 rings (SSSR count). The van der Waals surface area contributed by atoms with E-state index in [-0.39, 0.29) is 48.5 Å². The maximum atomic E-state index is 12.7. The van der Waals surface area contributed by atoms with E-state index in [0.717, 1.165) is 25.9 Å². The molecule has 2 saturated carbocycles. The Balaban J connectivity index is 1.53. The van der Waals surface area contributed by atoms with E-state index >= 15 is 0 Å². The van der Waals surface area contributed by atoms with Gasteiger partial charge in [-0.15, -0.1) is 0 Å². The number of ether oxygens (including phenoxy) is 2. The third-order valence-corrected chi connectivity index (χ3v) is 9.85. The van der Waals surface area contributed by atoms with Gasteiger partial charge < -0.3 is 25.0 Å². The zero-order valence-electron chi connectivity index (χ0n) is 22.1. The van der Waals surface area contributed by atoms with Crippen molar-refractivity contribution in [2.45, 2.75) is 57.7 Å². The van der Waals surface area contributed by atoms with Crippen molar-refractivity contribution >= 4 is 11.8 Å². The Labute approximate surface area is 219 Å². The normalized spacial score (nSPS) is 37.5. The highest BCUT2D eigenvalue weighted by atomic mass is 16.5. The number of aliphatic hydroxyl groups is 2. The van der Waals surface area contributed by atoms with E-state index in [1.54, 1.807) is 6.20 Å². The molecule has 202 valence electrons. The van der Waals surface area contributed by atoms with Gasteiger partial charge in [-0.3, -0.25) is 4.90 Å². The fraction of sp³-hybridized carbons (Fsp3) is 0.655. The van der Waals surface area contributed by atoms with Crippen molar-refractivity contribution in [3.8, 4) is 0 Å². The van der Waals surface area contributed by atoms with Crippen molar-refractivity contribution in [2.24, 2.45) is 22.7 Å². The van der Waals surface area contributed by atoms with Gasteiger partial charge in [-0.25, -0.2) is 9.78 Å². The van der Waals surface area contributed by atoms with Crippen LogP contribution < -0.4 is 5.32 Å².